The fourth-order valence-corrected chi connectivity index (χ4v) is 2.15. The van der Waals surface area contributed by atoms with Crippen LogP contribution >= 0.6 is 0 Å². The van der Waals surface area contributed by atoms with Crippen molar-refractivity contribution in [2.75, 3.05) is 0 Å². The van der Waals surface area contributed by atoms with Gasteiger partial charge in [-0.15, -0.1) is 0 Å². The summed E-state index contributed by atoms with van der Waals surface area (Å²) in [6.07, 6.45) is 6.15. The van der Waals surface area contributed by atoms with E-state index in [1.807, 2.05) is 6.07 Å². The Labute approximate surface area is 94.7 Å². The van der Waals surface area contributed by atoms with Crippen molar-refractivity contribution in [2.45, 2.75) is 25.2 Å². The average molecular weight is 211 g/mol. The van der Waals surface area contributed by atoms with Gasteiger partial charge in [-0.25, -0.2) is 0 Å². The number of ketones is 1. The van der Waals surface area contributed by atoms with E-state index in [0.29, 0.717) is 12.3 Å². The molecule has 0 atom stereocenters. The lowest BCUT2D eigenvalue weighted by Gasteiger charge is -2.11. The maximum Gasteiger partial charge on any atom is 0.163 e. The van der Waals surface area contributed by atoms with Gasteiger partial charge in [0.1, 0.15) is 0 Å². The van der Waals surface area contributed by atoms with Crippen LogP contribution < -0.4 is 0 Å². The number of carbonyl (C=O) groups is 1. The Hall–Kier alpha value is -1.70. The molecule has 3 rings (SSSR count). The molecule has 1 aliphatic heterocycles. The summed E-state index contributed by atoms with van der Waals surface area (Å²) >= 11 is 0. The average Bonchev–Trinajstić information content (AvgIpc) is 3.13. The summed E-state index contributed by atoms with van der Waals surface area (Å²) in [6, 6.07) is 8.34. The van der Waals surface area contributed by atoms with Crippen LogP contribution in [0.1, 0.15) is 36.3 Å². The third kappa shape index (κ3) is 1.71. The summed E-state index contributed by atoms with van der Waals surface area (Å²) in [5.41, 5.74) is 3.46. The molecule has 0 spiro atoms. The zero-order valence-electron chi connectivity index (χ0n) is 9.02. The molecule has 0 N–H and O–H groups in total. The molecule has 0 aromatic heterocycles. The zero-order valence-corrected chi connectivity index (χ0v) is 9.02. The van der Waals surface area contributed by atoms with Crippen LogP contribution in [-0.2, 0) is 4.79 Å². The molecule has 0 radical (unpaired) electrons. The van der Waals surface area contributed by atoms with E-state index in [9.17, 15) is 4.79 Å². The van der Waals surface area contributed by atoms with Crippen molar-refractivity contribution in [3.8, 4) is 0 Å². The lowest BCUT2D eigenvalue weighted by atomic mass is 9.95. The predicted molar refractivity (Wildman–Crippen MR) is 63.7 cm³/mol. The summed E-state index contributed by atoms with van der Waals surface area (Å²) in [7, 11) is 0. The van der Waals surface area contributed by atoms with E-state index in [0.717, 1.165) is 5.71 Å². The molecule has 1 heterocycles. The van der Waals surface area contributed by atoms with Gasteiger partial charge in [-0.3, -0.25) is 9.79 Å². The number of allylic oxidation sites excluding steroid dienone is 1. The first-order chi connectivity index (χ1) is 7.84. The molecule has 0 amide bonds. The number of aliphatic imine (C=N–C) groups is 1. The molecule has 1 aliphatic carbocycles. The number of hydrogen-bond acceptors (Lipinski definition) is 2. The molecule has 0 unspecified atom stereocenters. The quantitative estimate of drug-likeness (QED) is 0.739. The van der Waals surface area contributed by atoms with E-state index in [1.165, 1.54) is 24.0 Å². The lowest BCUT2D eigenvalue weighted by molar-refractivity contribution is -0.113. The second-order valence-corrected chi connectivity index (χ2v) is 4.40. The van der Waals surface area contributed by atoms with Crippen molar-refractivity contribution in [2.24, 2.45) is 4.99 Å². The minimum absolute atomic E-state index is 0.149. The van der Waals surface area contributed by atoms with Gasteiger partial charge in [0.2, 0.25) is 0 Å². The van der Waals surface area contributed by atoms with Crippen molar-refractivity contribution in [3.63, 3.8) is 0 Å². The van der Waals surface area contributed by atoms with E-state index in [2.05, 4.69) is 23.2 Å². The fraction of sp³-hybridized carbons (Fsp3) is 0.286. The van der Waals surface area contributed by atoms with Gasteiger partial charge < -0.3 is 0 Å². The first kappa shape index (κ1) is 9.52. The summed E-state index contributed by atoms with van der Waals surface area (Å²) in [6.45, 7) is 0. The van der Waals surface area contributed by atoms with Crippen LogP contribution in [0.5, 0.6) is 0 Å². The lowest BCUT2D eigenvalue weighted by Crippen LogP contribution is -2.12. The number of nitrogens with zero attached hydrogens (tertiary/aromatic N) is 1. The molecular weight excluding hydrogens is 198 g/mol. The van der Waals surface area contributed by atoms with Crippen LogP contribution in [0.2, 0.25) is 0 Å². The molecule has 0 bridgehead atoms. The predicted octanol–water partition coefficient (Wildman–Crippen LogP) is 2.84. The van der Waals surface area contributed by atoms with Gasteiger partial charge in [0.25, 0.3) is 0 Å². The second-order valence-electron chi connectivity index (χ2n) is 4.40. The first-order valence-corrected chi connectivity index (χ1v) is 5.70. The van der Waals surface area contributed by atoms with Crippen LogP contribution in [0.25, 0.3) is 0 Å². The Balaban J connectivity index is 2.02. The molecule has 2 aliphatic rings. The maximum absolute atomic E-state index is 11.4. The highest BCUT2D eigenvalue weighted by Gasteiger charge is 2.27. The largest absolute Gasteiger partial charge is 0.294 e. The topological polar surface area (TPSA) is 29.4 Å². The Morgan fingerprint density at radius 2 is 2.00 bits per heavy atom. The number of carbonyl (C=O) groups excluding carboxylic acids is 1. The molecule has 2 heteroatoms. The summed E-state index contributed by atoms with van der Waals surface area (Å²) < 4.78 is 0. The second kappa shape index (κ2) is 3.71. The molecule has 2 nitrogen and oxygen atoms in total. The van der Waals surface area contributed by atoms with Gasteiger partial charge in [-0.1, -0.05) is 24.3 Å². The third-order valence-electron chi connectivity index (χ3n) is 3.12. The maximum atomic E-state index is 11.4. The van der Waals surface area contributed by atoms with E-state index in [4.69, 9.17) is 0 Å². The molecule has 0 saturated heterocycles. The number of benzene rings is 1. The molecule has 16 heavy (non-hydrogen) atoms. The fourth-order valence-electron chi connectivity index (χ4n) is 2.15. The zero-order chi connectivity index (χ0) is 11.0. The van der Waals surface area contributed by atoms with Crippen molar-refractivity contribution < 1.29 is 4.79 Å². The molecule has 1 aromatic rings. The molecule has 1 fully saturated rings. The highest BCUT2D eigenvalue weighted by molar-refractivity contribution is 6.16. The van der Waals surface area contributed by atoms with Gasteiger partial charge in [-0.2, -0.15) is 0 Å². The Morgan fingerprint density at radius 3 is 2.75 bits per heavy atom. The summed E-state index contributed by atoms with van der Waals surface area (Å²) in [4.78, 5) is 15.7. The highest BCUT2D eigenvalue weighted by atomic mass is 16.1. The Bertz CT molecular complexity index is 495. The summed E-state index contributed by atoms with van der Waals surface area (Å²) in [5.74, 6) is 0.843. The highest BCUT2D eigenvalue weighted by Crippen LogP contribution is 2.42. The Morgan fingerprint density at radius 1 is 1.19 bits per heavy atom. The monoisotopic (exact) mass is 211 g/mol. The standard InChI is InChI=1S/C14H13NO/c16-11-7-8-15-14(9-11)13-4-2-1-3-12(13)10-5-6-10/h1-4,7-8,10H,5-6,9H2. The van der Waals surface area contributed by atoms with Crippen LogP contribution in [0.4, 0.5) is 0 Å². The summed E-state index contributed by atoms with van der Waals surface area (Å²) in [5, 5.41) is 0. The Kier molecular flexibility index (Phi) is 2.21. The van der Waals surface area contributed by atoms with Crippen LogP contribution in [0.3, 0.4) is 0 Å². The van der Waals surface area contributed by atoms with Crippen LogP contribution in [0, 0.1) is 0 Å². The van der Waals surface area contributed by atoms with Gasteiger partial charge in [0.15, 0.2) is 5.78 Å². The minimum Gasteiger partial charge on any atom is -0.294 e. The van der Waals surface area contributed by atoms with Gasteiger partial charge in [-0.05, 0) is 36.0 Å². The van der Waals surface area contributed by atoms with E-state index >= 15 is 0 Å². The molecule has 1 saturated carbocycles. The van der Waals surface area contributed by atoms with Crippen molar-refractivity contribution in [3.05, 3.63) is 47.7 Å². The van der Waals surface area contributed by atoms with Crippen molar-refractivity contribution >= 4 is 11.5 Å². The molecule has 80 valence electrons. The SMILES string of the molecule is O=C1C=CN=C(c2ccccc2C2CC2)C1. The van der Waals surface area contributed by atoms with Gasteiger partial charge in [0, 0.05) is 6.20 Å². The third-order valence-corrected chi connectivity index (χ3v) is 3.12. The first-order valence-electron chi connectivity index (χ1n) is 5.70. The van der Waals surface area contributed by atoms with Gasteiger partial charge >= 0.3 is 0 Å². The van der Waals surface area contributed by atoms with Crippen molar-refractivity contribution in [1.82, 2.24) is 0 Å². The normalized spacial score (nSPS) is 19.8. The molecule has 1 aromatic carbocycles. The van der Waals surface area contributed by atoms with Crippen molar-refractivity contribution in [1.29, 1.82) is 0 Å². The molecular formula is C14H13NO. The minimum atomic E-state index is 0.149. The van der Waals surface area contributed by atoms with E-state index < -0.39 is 0 Å². The smallest absolute Gasteiger partial charge is 0.163 e. The van der Waals surface area contributed by atoms with Gasteiger partial charge in [0.05, 0.1) is 12.1 Å². The number of hydrogen-bond donors (Lipinski definition) is 0. The van der Waals surface area contributed by atoms with E-state index in [-0.39, 0.29) is 5.78 Å². The number of rotatable bonds is 2. The van der Waals surface area contributed by atoms with Crippen LogP contribution in [0.15, 0.2) is 41.5 Å². The van der Waals surface area contributed by atoms with Crippen LogP contribution in [-0.4, -0.2) is 11.5 Å². The van der Waals surface area contributed by atoms with E-state index in [1.54, 1.807) is 12.3 Å².